The van der Waals surface area contributed by atoms with Gasteiger partial charge in [0.1, 0.15) is 0 Å². The molecule has 0 radical (unpaired) electrons. The average molecular weight is 365 g/mol. The number of rotatable bonds is 6. The molecule has 0 aliphatic carbocycles. The van der Waals surface area contributed by atoms with E-state index in [-0.39, 0.29) is 24.2 Å². The van der Waals surface area contributed by atoms with Crippen molar-refractivity contribution in [2.75, 3.05) is 34.8 Å². The van der Waals surface area contributed by atoms with Gasteiger partial charge in [-0.2, -0.15) is 0 Å². The molecule has 5 nitrogen and oxygen atoms in total. The predicted octanol–water partition coefficient (Wildman–Crippen LogP) is 3.83. The Balaban J connectivity index is 1.73. The lowest BCUT2D eigenvalue weighted by atomic mass is 10.1. The van der Waals surface area contributed by atoms with Crippen molar-refractivity contribution in [2.45, 2.75) is 27.2 Å². The van der Waals surface area contributed by atoms with E-state index < -0.39 is 0 Å². The second-order valence-corrected chi connectivity index (χ2v) is 6.90. The van der Waals surface area contributed by atoms with Gasteiger partial charge >= 0.3 is 0 Å². The minimum Gasteiger partial charge on any atom is -0.372 e. The smallest absolute Gasteiger partial charge is 0.229 e. The molecule has 1 N–H and O–H groups in total. The van der Waals surface area contributed by atoms with Crippen LogP contribution in [-0.4, -0.2) is 31.4 Å². The third-order valence-corrected chi connectivity index (χ3v) is 5.14. The van der Waals surface area contributed by atoms with Gasteiger partial charge in [-0.15, -0.1) is 0 Å². The molecule has 0 spiro atoms. The SMILES string of the molecule is CCN(CC)c1ccc(N2CC(C(=O)Nc3ccccc3)CC2=O)c(C)c1. The van der Waals surface area contributed by atoms with E-state index in [4.69, 9.17) is 0 Å². The minimum absolute atomic E-state index is 0.00176. The summed E-state index contributed by atoms with van der Waals surface area (Å²) in [5.74, 6) is -0.434. The molecule has 0 bridgehead atoms. The molecule has 5 heteroatoms. The highest BCUT2D eigenvalue weighted by Crippen LogP contribution is 2.31. The van der Waals surface area contributed by atoms with Gasteiger partial charge in [-0.05, 0) is 56.7 Å². The van der Waals surface area contributed by atoms with Crippen LogP contribution in [0, 0.1) is 12.8 Å². The second kappa shape index (κ2) is 8.25. The molecule has 27 heavy (non-hydrogen) atoms. The fourth-order valence-electron chi connectivity index (χ4n) is 3.61. The van der Waals surface area contributed by atoms with E-state index in [1.54, 1.807) is 4.90 Å². The Morgan fingerprint density at radius 3 is 2.48 bits per heavy atom. The number of amides is 2. The zero-order valence-corrected chi connectivity index (χ0v) is 16.2. The zero-order chi connectivity index (χ0) is 19.4. The van der Waals surface area contributed by atoms with Crippen molar-refractivity contribution in [3.63, 3.8) is 0 Å². The molecule has 2 aromatic carbocycles. The highest BCUT2D eigenvalue weighted by molar-refractivity contribution is 6.03. The largest absolute Gasteiger partial charge is 0.372 e. The molecule has 2 amide bonds. The summed E-state index contributed by atoms with van der Waals surface area (Å²) in [6, 6.07) is 15.5. The summed E-state index contributed by atoms with van der Waals surface area (Å²) >= 11 is 0. The van der Waals surface area contributed by atoms with Crippen molar-refractivity contribution in [1.82, 2.24) is 0 Å². The molecule has 1 heterocycles. The van der Waals surface area contributed by atoms with Crippen molar-refractivity contribution < 1.29 is 9.59 Å². The van der Waals surface area contributed by atoms with Gasteiger partial charge in [0.05, 0.1) is 5.92 Å². The fraction of sp³-hybridized carbons (Fsp3) is 0.364. The van der Waals surface area contributed by atoms with Gasteiger partial charge in [0.2, 0.25) is 11.8 Å². The lowest BCUT2D eigenvalue weighted by Crippen LogP contribution is -2.29. The first kappa shape index (κ1) is 19.0. The molecule has 1 aliphatic rings. The zero-order valence-electron chi connectivity index (χ0n) is 16.2. The van der Waals surface area contributed by atoms with Gasteiger partial charge in [-0.1, -0.05) is 18.2 Å². The van der Waals surface area contributed by atoms with Crippen LogP contribution < -0.4 is 15.1 Å². The summed E-state index contributed by atoms with van der Waals surface area (Å²) in [5.41, 5.74) is 3.86. The van der Waals surface area contributed by atoms with Crippen LogP contribution in [0.3, 0.4) is 0 Å². The number of aryl methyl sites for hydroxylation is 1. The van der Waals surface area contributed by atoms with Crippen LogP contribution in [0.5, 0.6) is 0 Å². The Morgan fingerprint density at radius 1 is 1.15 bits per heavy atom. The summed E-state index contributed by atoms with van der Waals surface area (Å²) in [6.07, 6.45) is 0.246. The summed E-state index contributed by atoms with van der Waals surface area (Å²) in [7, 11) is 0. The maximum absolute atomic E-state index is 12.6. The van der Waals surface area contributed by atoms with E-state index in [0.29, 0.717) is 6.54 Å². The minimum atomic E-state index is -0.334. The molecule has 1 fully saturated rings. The van der Waals surface area contributed by atoms with Crippen LogP contribution in [0.15, 0.2) is 48.5 Å². The van der Waals surface area contributed by atoms with E-state index in [0.717, 1.165) is 35.7 Å². The molecule has 142 valence electrons. The summed E-state index contributed by atoms with van der Waals surface area (Å²) in [4.78, 5) is 29.1. The number of hydrogen-bond donors (Lipinski definition) is 1. The molecule has 1 saturated heterocycles. The van der Waals surface area contributed by atoms with E-state index in [1.165, 1.54) is 0 Å². The predicted molar refractivity (Wildman–Crippen MR) is 110 cm³/mol. The van der Waals surface area contributed by atoms with Gasteiger partial charge in [0.25, 0.3) is 0 Å². The molecular weight excluding hydrogens is 338 g/mol. The van der Waals surface area contributed by atoms with E-state index in [9.17, 15) is 9.59 Å². The van der Waals surface area contributed by atoms with Gasteiger partial charge in [0.15, 0.2) is 0 Å². The lowest BCUT2D eigenvalue weighted by molar-refractivity contribution is -0.122. The molecule has 0 saturated carbocycles. The first-order valence-corrected chi connectivity index (χ1v) is 9.55. The number of carbonyl (C=O) groups excluding carboxylic acids is 2. The van der Waals surface area contributed by atoms with Gasteiger partial charge in [0, 0.05) is 43.1 Å². The van der Waals surface area contributed by atoms with Gasteiger partial charge < -0.3 is 15.1 Å². The number of para-hydroxylation sites is 1. The number of carbonyl (C=O) groups is 2. The molecule has 3 rings (SSSR count). The van der Waals surface area contributed by atoms with Gasteiger partial charge in [-0.25, -0.2) is 0 Å². The number of anilines is 3. The highest BCUT2D eigenvalue weighted by atomic mass is 16.2. The average Bonchev–Trinajstić information content (AvgIpc) is 3.05. The Labute approximate surface area is 161 Å². The normalized spacial score (nSPS) is 16.5. The maximum Gasteiger partial charge on any atom is 0.229 e. The van der Waals surface area contributed by atoms with Gasteiger partial charge in [-0.3, -0.25) is 9.59 Å². The van der Waals surface area contributed by atoms with Crippen molar-refractivity contribution in [3.05, 3.63) is 54.1 Å². The van der Waals surface area contributed by atoms with Crippen molar-refractivity contribution in [2.24, 2.45) is 5.92 Å². The Kier molecular flexibility index (Phi) is 5.79. The topological polar surface area (TPSA) is 52.6 Å². The van der Waals surface area contributed by atoms with Crippen LogP contribution in [0.1, 0.15) is 25.8 Å². The summed E-state index contributed by atoms with van der Waals surface area (Å²) in [6.45, 7) is 8.59. The van der Waals surface area contributed by atoms with E-state index in [1.807, 2.05) is 43.3 Å². The van der Waals surface area contributed by atoms with Crippen LogP contribution in [-0.2, 0) is 9.59 Å². The van der Waals surface area contributed by atoms with E-state index in [2.05, 4.69) is 36.2 Å². The quantitative estimate of drug-likeness (QED) is 0.846. The lowest BCUT2D eigenvalue weighted by Gasteiger charge is -2.24. The van der Waals surface area contributed by atoms with Crippen LogP contribution in [0.2, 0.25) is 0 Å². The van der Waals surface area contributed by atoms with E-state index >= 15 is 0 Å². The molecule has 1 aliphatic heterocycles. The molecule has 1 atom stereocenters. The molecule has 2 aromatic rings. The second-order valence-electron chi connectivity index (χ2n) is 6.90. The first-order valence-electron chi connectivity index (χ1n) is 9.55. The molecule has 0 aromatic heterocycles. The third kappa shape index (κ3) is 4.13. The van der Waals surface area contributed by atoms with Crippen molar-refractivity contribution in [3.8, 4) is 0 Å². The Morgan fingerprint density at radius 2 is 1.85 bits per heavy atom. The maximum atomic E-state index is 12.6. The summed E-state index contributed by atoms with van der Waals surface area (Å²) in [5, 5.41) is 2.91. The number of benzene rings is 2. The standard InChI is InChI=1S/C22H27N3O2/c1-4-24(5-2)19-11-12-20(16(3)13-19)25-15-17(14-21(25)26)22(27)23-18-9-7-6-8-10-18/h6-13,17H,4-5,14-15H2,1-3H3,(H,23,27). The summed E-state index contributed by atoms with van der Waals surface area (Å²) < 4.78 is 0. The van der Waals surface area contributed by atoms with Crippen molar-refractivity contribution >= 4 is 28.9 Å². The number of nitrogens with zero attached hydrogens (tertiary/aromatic N) is 2. The van der Waals surface area contributed by atoms with Crippen LogP contribution in [0.4, 0.5) is 17.1 Å². The molecule has 1 unspecified atom stereocenters. The van der Waals surface area contributed by atoms with Crippen LogP contribution >= 0.6 is 0 Å². The Hall–Kier alpha value is -2.82. The monoisotopic (exact) mass is 365 g/mol. The van der Waals surface area contributed by atoms with Crippen LogP contribution in [0.25, 0.3) is 0 Å². The third-order valence-electron chi connectivity index (χ3n) is 5.14. The number of nitrogens with one attached hydrogen (secondary N) is 1. The Bertz CT molecular complexity index is 816. The van der Waals surface area contributed by atoms with Crippen molar-refractivity contribution in [1.29, 1.82) is 0 Å². The first-order chi connectivity index (χ1) is 13.0. The molecular formula is C22H27N3O2. The fourth-order valence-corrected chi connectivity index (χ4v) is 3.61. The highest BCUT2D eigenvalue weighted by Gasteiger charge is 2.35. The number of hydrogen-bond acceptors (Lipinski definition) is 3.